The van der Waals surface area contributed by atoms with Crippen molar-refractivity contribution in [2.24, 2.45) is 0 Å². The van der Waals surface area contributed by atoms with Crippen LogP contribution in [-0.4, -0.2) is 27.4 Å². The zero-order valence-electron chi connectivity index (χ0n) is 17.3. The van der Waals surface area contributed by atoms with Crippen molar-refractivity contribution >= 4 is 33.2 Å². The van der Waals surface area contributed by atoms with Crippen LogP contribution in [0.5, 0.6) is 0 Å². The number of nitrogens with zero attached hydrogens (tertiary/aromatic N) is 1. The van der Waals surface area contributed by atoms with Crippen molar-refractivity contribution in [2.45, 2.75) is 24.7 Å². The average Bonchev–Trinajstić information content (AvgIpc) is 2.77. The third kappa shape index (κ3) is 6.32. The zero-order valence-corrected chi connectivity index (χ0v) is 18.9. The maximum atomic E-state index is 13.3. The first-order valence-electron chi connectivity index (χ1n) is 10.0. The Hall–Kier alpha value is -2.83. The summed E-state index contributed by atoms with van der Waals surface area (Å²) in [6.07, 6.45) is 1.53. The first-order valence-corrected chi connectivity index (χ1v) is 11.8. The summed E-state index contributed by atoms with van der Waals surface area (Å²) in [5.74, 6) is -0.351. The van der Waals surface area contributed by atoms with Crippen molar-refractivity contribution in [3.63, 3.8) is 0 Å². The molecular weight excluding hydrogens is 432 g/mol. The van der Waals surface area contributed by atoms with Gasteiger partial charge in [0.1, 0.15) is 6.54 Å². The molecule has 162 valence electrons. The molecule has 0 fully saturated rings. The molecule has 0 aliphatic carbocycles. The fourth-order valence-corrected chi connectivity index (χ4v) is 4.65. The zero-order chi connectivity index (χ0) is 22.3. The number of hydrogen-bond acceptors (Lipinski definition) is 3. The van der Waals surface area contributed by atoms with Gasteiger partial charge in [0, 0.05) is 11.6 Å². The number of aryl methyl sites for hydroxylation is 2. The molecule has 31 heavy (non-hydrogen) atoms. The highest BCUT2D eigenvalue weighted by molar-refractivity contribution is 7.92. The van der Waals surface area contributed by atoms with Crippen LogP contribution in [0, 0.1) is 6.92 Å². The number of amides is 1. The number of anilines is 1. The van der Waals surface area contributed by atoms with E-state index in [0.29, 0.717) is 17.3 Å². The number of carbonyl (C=O) groups is 1. The Morgan fingerprint density at radius 1 is 0.935 bits per heavy atom. The second-order valence-corrected chi connectivity index (χ2v) is 9.54. The maximum absolute atomic E-state index is 13.3. The van der Waals surface area contributed by atoms with Gasteiger partial charge in [0.05, 0.1) is 10.6 Å². The van der Waals surface area contributed by atoms with Crippen LogP contribution in [0.2, 0.25) is 5.02 Å². The summed E-state index contributed by atoms with van der Waals surface area (Å²) in [7, 11) is -3.88. The third-order valence-corrected chi connectivity index (χ3v) is 6.86. The summed E-state index contributed by atoms with van der Waals surface area (Å²) in [6.45, 7) is 2.05. The monoisotopic (exact) mass is 456 g/mol. The number of sulfonamides is 1. The molecule has 0 heterocycles. The Bertz CT molecular complexity index is 1100. The largest absolute Gasteiger partial charge is 0.355 e. The Labute approximate surface area is 188 Å². The molecule has 1 N–H and O–H groups in total. The van der Waals surface area contributed by atoms with Gasteiger partial charge in [-0.2, -0.15) is 0 Å². The molecule has 3 aromatic rings. The van der Waals surface area contributed by atoms with Gasteiger partial charge >= 0.3 is 0 Å². The number of hydrogen-bond donors (Lipinski definition) is 1. The second-order valence-electron chi connectivity index (χ2n) is 7.24. The van der Waals surface area contributed by atoms with Crippen LogP contribution in [0.4, 0.5) is 5.69 Å². The molecule has 7 heteroatoms. The van der Waals surface area contributed by atoms with Crippen molar-refractivity contribution < 1.29 is 13.2 Å². The Morgan fingerprint density at radius 2 is 1.58 bits per heavy atom. The van der Waals surface area contributed by atoms with Crippen LogP contribution in [0.25, 0.3) is 0 Å². The van der Waals surface area contributed by atoms with E-state index in [-0.39, 0.29) is 17.3 Å². The summed E-state index contributed by atoms with van der Waals surface area (Å²) in [5, 5.41) is 3.51. The van der Waals surface area contributed by atoms with Crippen LogP contribution in [0.1, 0.15) is 17.5 Å². The van der Waals surface area contributed by atoms with Crippen LogP contribution in [-0.2, 0) is 21.2 Å². The highest BCUT2D eigenvalue weighted by atomic mass is 35.5. The van der Waals surface area contributed by atoms with Crippen molar-refractivity contribution in [3.05, 3.63) is 95.0 Å². The molecule has 0 aliphatic rings. The highest BCUT2D eigenvalue weighted by Gasteiger charge is 2.26. The van der Waals surface area contributed by atoms with Gasteiger partial charge in [0.2, 0.25) is 5.91 Å². The van der Waals surface area contributed by atoms with Gasteiger partial charge < -0.3 is 5.32 Å². The molecule has 3 rings (SSSR count). The molecule has 0 saturated heterocycles. The number of halogens is 1. The van der Waals surface area contributed by atoms with Gasteiger partial charge in [0.15, 0.2) is 0 Å². The standard InChI is InChI=1S/C24H25ClN2O3S/c1-19-9-15-23(16-10-19)31(29,30)27(22-7-3-2-4-8-22)18-24(28)26-17-5-6-20-11-13-21(25)14-12-20/h2-4,7-16H,5-6,17-18H2,1H3,(H,26,28). The minimum absolute atomic E-state index is 0.150. The van der Waals surface area contributed by atoms with E-state index in [2.05, 4.69) is 5.32 Å². The van der Waals surface area contributed by atoms with E-state index in [4.69, 9.17) is 11.6 Å². The molecule has 0 radical (unpaired) electrons. The molecule has 3 aromatic carbocycles. The van der Waals surface area contributed by atoms with Gasteiger partial charge in [-0.1, -0.05) is 59.6 Å². The van der Waals surface area contributed by atoms with Crippen LogP contribution in [0.15, 0.2) is 83.8 Å². The lowest BCUT2D eigenvalue weighted by atomic mass is 10.1. The minimum atomic E-state index is -3.88. The van der Waals surface area contributed by atoms with E-state index >= 15 is 0 Å². The van der Waals surface area contributed by atoms with E-state index in [1.807, 2.05) is 31.2 Å². The summed E-state index contributed by atoms with van der Waals surface area (Å²) in [5.41, 5.74) is 2.54. The first kappa shape index (κ1) is 22.8. The predicted octanol–water partition coefficient (Wildman–Crippen LogP) is 4.59. The van der Waals surface area contributed by atoms with Gasteiger partial charge in [-0.25, -0.2) is 8.42 Å². The topological polar surface area (TPSA) is 66.5 Å². The lowest BCUT2D eigenvalue weighted by molar-refractivity contribution is -0.119. The van der Waals surface area contributed by atoms with E-state index in [0.717, 1.165) is 28.3 Å². The quantitative estimate of drug-likeness (QED) is 0.479. The van der Waals surface area contributed by atoms with Gasteiger partial charge in [-0.05, 0) is 61.7 Å². The van der Waals surface area contributed by atoms with E-state index in [1.165, 1.54) is 0 Å². The summed E-state index contributed by atoms with van der Waals surface area (Å²) < 4.78 is 27.7. The summed E-state index contributed by atoms with van der Waals surface area (Å²) in [4.78, 5) is 12.7. The molecular formula is C24H25ClN2O3S. The lowest BCUT2D eigenvalue weighted by Gasteiger charge is -2.24. The molecule has 0 bridgehead atoms. The van der Waals surface area contributed by atoms with E-state index in [9.17, 15) is 13.2 Å². The molecule has 0 aliphatic heterocycles. The first-order chi connectivity index (χ1) is 14.9. The normalized spacial score (nSPS) is 11.2. The number of rotatable bonds is 9. The van der Waals surface area contributed by atoms with Crippen molar-refractivity contribution in [2.75, 3.05) is 17.4 Å². The number of benzene rings is 3. The Kier molecular flexibility index (Phi) is 7.71. The summed E-state index contributed by atoms with van der Waals surface area (Å²) in [6, 6.07) is 22.8. The second kappa shape index (κ2) is 10.5. The molecule has 1 amide bonds. The fourth-order valence-electron chi connectivity index (χ4n) is 3.10. The van der Waals surface area contributed by atoms with E-state index < -0.39 is 10.0 Å². The molecule has 0 aromatic heterocycles. The Balaban J connectivity index is 1.66. The minimum Gasteiger partial charge on any atom is -0.355 e. The summed E-state index contributed by atoms with van der Waals surface area (Å²) >= 11 is 5.89. The van der Waals surface area contributed by atoms with Crippen LogP contribution < -0.4 is 9.62 Å². The average molecular weight is 457 g/mol. The fraction of sp³-hybridized carbons (Fsp3) is 0.208. The molecule has 0 atom stereocenters. The van der Waals surface area contributed by atoms with Gasteiger partial charge in [0.25, 0.3) is 10.0 Å². The lowest BCUT2D eigenvalue weighted by Crippen LogP contribution is -2.41. The van der Waals surface area contributed by atoms with Crippen molar-refractivity contribution in [1.29, 1.82) is 0 Å². The number of nitrogens with one attached hydrogen (secondary N) is 1. The molecule has 0 saturated carbocycles. The highest BCUT2D eigenvalue weighted by Crippen LogP contribution is 2.23. The molecule has 5 nitrogen and oxygen atoms in total. The third-order valence-electron chi connectivity index (χ3n) is 4.82. The van der Waals surface area contributed by atoms with Crippen molar-refractivity contribution in [1.82, 2.24) is 5.32 Å². The molecule has 0 unspecified atom stereocenters. The molecule has 0 spiro atoms. The number of para-hydroxylation sites is 1. The van der Waals surface area contributed by atoms with Crippen molar-refractivity contribution in [3.8, 4) is 0 Å². The van der Waals surface area contributed by atoms with Crippen LogP contribution in [0.3, 0.4) is 0 Å². The predicted molar refractivity (Wildman–Crippen MR) is 125 cm³/mol. The Morgan fingerprint density at radius 3 is 2.23 bits per heavy atom. The van der Waals surface area contributed by atoms with Gasteiger partial charge in [-0.3, -0.25) is 9.10 Å². The maximum Gasteiger partial charge on any atom is 0.264 e. The van der Waals surface area contributed by atoms with Crippen LogP contribution >= 0.6 is 11.6 Å². The number of carbonyl (C=O) groups excluding carboxylic acids is 1. The van der Waals surface area contributed by atoms with E-state index in [1.54, 1.807) is 54.6 Å². The SMILES string of the molecule is Cc1ccc(S(=O)(=O)N(CC(=O)NCCCc2ccc(Cl)cc2)c2ccccc2)cc1. The van der Waals surface area contributed by atoms with Gasteiger partial charge in [-0.15, -0.1) is 0 Å². The smallest absolute Gasteiger partial charge is 0.264 e.